The Morgan fingerprint density at radius 2 is 1.48 bits per heavy atom. The van der Waals surface area contributed by atoms with Crippen molar-refractivity contribution in [3.63, 3.8) is 0 Å². The maximum absolute atomic E-state index is 12.5. The van der Waals surface area contributed by atoms with Crippen LogP contribution in [0.15, 0.2) is 60.7 Å². The highest BCUT2D eigenvalue weighted by Crippen LogP contribution is 2.37. The highest BCUT2D eigenvalue weighted by Gasteiger charge is 2.39. The van der Waals surface area contributed by atoms with E-state index in [1.54, 1.807) is 0 Å². The fourth-order valence-corrected chi connectivity index (χ4v) is 3.04. The van der Waals surface area contributed by atoms with E-state index in [0.717, 1.165) is 11.1 Å². The van der Waals surface area contributed by atoms with E-state index in [1.165, 1.54) is 0 Å². The molecule has 0 aliphatic carbocycles. The van der Waals surface area contributed by atoms with Crippen LogP contribution in [0.25, 0.3) is 0 Å². The molecule has 0 unspecified atom stereocenters. The molecule has 1 fully saturated rings. The number of thiocarbonyl (C=S) groups is 1. The molecule has 2 aromatic rings. The predicted octanol–water partition coefficient (Wildman–Crippen LogP) is 2.86. The van der Waals surface area contributed by atoms with E-state index in [1.807, 2.05) is 72.6 Å². The van der Waals surface area contributed by atoms with Crippen LogP contribution in [0.5, 0.6) is 0 Å². The molecule has 0 radical (unpaired) electrons. The van der Waals surface area contributed by atoms with Gasteiger partial charge in [0.1, 0.15) is 0 Å². The molecule has 1 amide bonds. The first-order chi connectivity index (χ1) is 10.2. The van der Waals surface area contributed by atoms with Gasteiger partial charge in [-0.1, -0.05) is 60.7 Å². The molecule has 1 aliphatic rings. The van der Waals surface area contributed by atoms with Crippen LogP contribution in [-0.4, -0.2) is 23.0 Å². The summed E-state index contributed by atoms with van der Waals surface area (Å²) in [5.41, 5.74) is 2.09. The quantitative estimate of drug-likeness (QED) is 0.865. The Morgan fingerprint density at radius 1 is 0.952 bits per heavy atom. The van der Waals surface area contributed by atoms with Crippen molar-refractivity contribution in [3.05, 3.63) is 71.8 Å². The third-order valence-electron chi connectivity index (χ3n) is 3.87. The molecule has 21 heavy (non-hydrogen) atoms. The summed E-state index contributed by atoms with van der Waals surface area (Å²) in [6.45, 7) is 0. The molecule has 1 heterocycles. The van der Waals surface area contributed by atoms with Crippen LogP contribution in [0, 0.1) is 0 Å². The summed E-state index contributed by atoms with van der Waals surface area (Å²) in [6.07, 6.45) is 0. The zero-order valence-corrected chi connectivity index (χ0v) is 12.5. The van der Waals surface area contributed by atoms with Gasteiger partial charge in [0, 0.05) is 7.05 Å². The maximum atomic E-state index is 12.5. The van der Waals surface area contributed by atoms with Crippen molar-refractivity contribution in [2.45, 2.75) is 12.0 Å². The first-order valence-electron chi connectivity index (χ1n) is 6.86. The standard InChI is InChI=1S/C17H16N2OS/c1-19-15(13-10-6-3-7-11-13)14(16(20)18-17(19)21)12-8-4-2-5-9-12/h2-11,14-15H,1H3,(H,18,20,21)/t14-,15-/m1/s1. The Hall–Kier alpha value is -2.20. The number of carbonyl (C=O) groups is 1. The van der Waals surface area contributed by atoms with Crippen molar-refractivity contribution in [2.24, 2.45) is 0 Å². The Balaban J connectivity index is 2.09. The van der Waals surface area contributed by atoms with Gasteiger partial charge in [-0.05, 0) is 23.3 Å². The summed E-state index contributed by atoms with van der Waals surface area (Å²) < 4.78 is 0. The minimum Gasteiger partial charge on any atom is -0.344 e. The summed E-state index contributed by atoms with van der Waals surface area (Å²) in [6, 6.07) is 19.8. The van der Waals surface area contributed by atoms with Crippen molar-refractivity contribution < 1.29 is 4.79 Å². The van der Waals surface area contributed by atoms with E-state index in [0.29, 0.717) is 5.11 Å². The monoisotopic (exact) mass is 296 g/mol. The first kappa shape index (κ1) is 13.8. The van der Waals surface area contributed by atoms with Gasteiger partial charge in [0.2, 0.25) is 5.91 Å². The number of nitrogens with zero attached hydrogens (tertiary/aromatic N) is 1. The molecular weight excluding hydrogens is 280 g/mol. The second-order valence-corrected chi connectivity index (χ2v) is 5.54. The molecule has 0 aromatic heterocycles. The summed E-state index contributed by atoms with van der Waals surface area (Å²) in [5, 5.41) is 3.27. The highest BCUT2D eigenvalue weighted by molar-refractivity contribution is 7.80. The van der Waals surface area contributed by atoms with Gasteiger partial charge in [0.15, 0.2) is 5.11 Å². The van der Waals surface area contributed by atoms with E-state index in [-0.39, 0.29) is 17.9 Å². The molecule has 1 N–H and O–H groups in total. The summed E-state index contributed by atoms with van der Waals surface area (Å²) >= 11 is 5.28. The van der Waals surface area contributed by atoms with E-state index >= 15 is 0 Å². The molecule has 0 bridgehead atoms. The smallest absolute Gasteiger partial charge is 0.236 e. The second-order valence-electron chi connectivity index (χ2n) is 5.15. The minimum absolute atomic E-state index is 0.0434. The van der Waals surface area contributed by atoms with Crippen LogP contribution in [0.4, 0.5) is 0 Å². The number of hydrogen-bond donors (Lipinski definition) is 1. The van der Waals surface area contributed by atoms with Crippen LogP contribution in [0.1, 0.15) is 23.1 Å². The average molecular weight is 296 g/mol. The molecule has 1 saturated heterocycles. The van der Waals surface area contributed by atoms with Gasteiger partial charge in [0.25, 0.3) is 0 Å². The molecule has 4 heteroatoms. The minimum atomic E-state index is -0.273. The summed E-state index contributed by atoms with van der Waals surface area (Å²) in [5.74, 6) is -0.316. The van der Waals surface area contributed by atoms with Crippen LogP contribution >= 0.6 is 12.2 Å². The van der Waals surface area contributed by atoms with Gasteiger partial charge in [-0.25, -0.2) is 0 Å². The lowest BCUT2D eigenvalue weighted by molar-refractivity contribution is -0.123. The van der Waals surface area contributed by atoms with Crippen molar-refractivity contribution in [3.8, 4) is 0 Å². The maximum Gasteiger partial charge on any atom is 0.236 e. The lowest BCUT2D eigenvalue weighted by Crippen LogP contribution is -2.53. The number of benzene rings is 2. The Kier molecular flexibility index (Phi) is 3.71. The van der Waals surface area contributed by atoms with Crippen molar-refractivity contribution in [2.75, 3.05) is 7.05 Å². The largest absolute Gasteiger partial charge is 0.344 e. The molecule has 3 rings (SSSR count). The fraction of sp³-hybridized carbons (Fsp3) is 0.176. The average Bonchev–Trinajstić information content (AvgIpc) is 2.52. The topological polar surface area (TPSA) is 32.3 Å². The van der Waals surface area contributed by atoms with Crippen LogP contribution in [-0.2, 0) is 4.79 Å². The van der Waals surface area contributed by atoms with Crippen LogP contribution in [0.2, 0.25) is 0 Å². The highest BCUT2D eigenvalue weighted by atomic mass is 32.1. The zero-order valence-electron chi connectivity index (χ0n) is 11.7. The Morgan fingerprint density at radius 3 is 2.05 bits per heavy atom. The SMILES string of the molecule is CN1C(=S)NC(=O)[C@H](c2ccccc2)[C@H]1c1ccccc1. The molecular formula is C17H16N2OS. The number of amides is 1. The van der Waals surface area contributed by atoms with E-state index in [2.05, 4.69) is 5.32 Å². The molecule has 2 aromatic carbocycles. The first-order valence-corrected chi connectivity index (χ1v) is 7.27. The van der Waals surface area contributed by atoms with Crippen molar-refractivity contribution >= 4 is 23.2 Å². The zero-order chi connectivity index (χ0) is 14.8. The number of likely N-dealkylation sites (N-methyl/N-ethyl adjacent to an activating group) is 1. The predicted molar refractivity (Wildman–Crippen MR) is 86.9 cm³/mol. The molecule has 106 valence electrons. The van der Waals surface area contributed by atoms with E-state index in [9.17, 15) is 4.79 Å². The molecule has 0 spiro atoms. The molecule has 3 nitrogen and oxygen atoms in total. The summed E-state index contributed by atoms with van der Waals surface area (Å²) in [7, 11) is 1.93. The van der Waals surface area contributed by atoms with Gasteiger partial charge in [-0.2, -0.15) is 0 Å². The third kappa shape index (κ3) is 2.54. The van der Waals surface area contributed by atoms with Gasteiger partial charge < -0.3 is 10.2 Å². The van der Waals surface area contributed by atoms with Gasteiger partial charge in [-0.15, -0.1) is 0 Å². The fourth-order valence-electron chi connectivity index (χ4n) is 2.82. The van der Waals surface area contributed by atoms with E-state index < -0.39 is 0 Å². The van der Waals surface area contributed by atoms with Crippen LogP contribution < -0.4 is 5.32 Å². The second kappa shape index (κ2) is 5.66. The summed E-state index contributed by atoms with van der Waals surface area (Å²) in [4.78, 5) is 14.5. The number of rotatable bonds is 2. The normalized spacial score (nSPS) is 22.0. The third-order valence-corrected chi connectivity index (χ3v) is 4.26. The number of nitrogens with one attached hydrogen (secondary N) is 1. The van der Waals surface area contributed by atoms with Crippen molar-refractivity contribution in [1.82, 2.24) is 10.2 Å². The Bertz CT molecular complexity index is 657. The lowest BCUT2D eigenvalue weighted by atomic mass is 9.84. The lowest BCUT2D eigenvalue weighted by Gasteiger charge is -2.40. The Labute approximate surface area is 129 Å². The van der Waals surface area contributed by atoms with E-state index in [4.69, 9.17) is 12.2 Å². The molecule has 1 aliphatic heterocycles. The van der Waals surface area contributed by atoms with Gasteiger partial charge in [0.05, 0.1) is 12.0 Å². The van der Waals surface area contributed by atoms with Crippen LogP contribution in [0.3, 0.4) is 0 Å². The number of hydrogen-bond acceptors (Lipinski definition) is 2. The molecule has 0 saturated carbocycles. The van der Waals surface area contributed by atoms with Gasteiger partial charge in [-0.3, -0.25) is 4.79 Å². The number of carbonyl (C=O) groups excluding carboxylic acids is 1. The van der Waals surface area contributed by atoms with Gasteiger partial charge >= 0.3 is 0 Å². The van der Waals surface area contributed by atoms with Crippen molar-refractivity contribution in [1.29, 1.82) is 0 Å². The molecule has 2 atom stereocenters.